The predicted molar refractivity (Wildman–Crippen MR) is 86.0 cm³/mol. The number of hydrogen-bond acceptors (Lipinski definition) is 2. The zero-order valence-corrected chi connectivity index (χ0v) is 12.6. The van der Waals surface area contributed by atoms with Gasteiger partial charge in [0, 0.05) is 16.1 Å². The minimum atomic E-state index is 0.172. The topological polar surface area (TPSA) is 17.1 Å². The van der Waals surface area contributed by atoms with Crippen LogP contribution in [0.15, 0.2) is 48.5 Å². The van der Waals surface area contributed by atoms with Crippen LogP contribution in [0, 0.1) is 6.92 Å². The second-order valence-electron chi connectivity index (χ2n) is 4.78. The van der Waals surface area contributed by atoms with E-state index in [0.29, 0.717) is 11.4 Å². The maximum atomic E-state index is 12.5. The molecule has 0 aliphatic carbocycles. The first-order valence-electron chi connectivity index (χ1n) is 6.41. The molecule has 0 aliphatic heterocycles. The van der Waals surface area contributed by atoms with Gasteiger partial charge in [0.15, 0.2) is 5.78 Å². The number of thiophene rings is 1. The molecule has 0 saturated heterocycles. The molecule has 0 amide bonds. The van der Waals surface area contributed by atoms with Crippen molar-refractivity contribution in [1.29, 1.82) is 0 Å². The van der Waals surface area contributed by atoms with Gasteiger partial charge in [-0.25, -0.2) is 0 Å². The standard InChI is InChI=1S/C17H13ClOS/c1-11-14-10-13(18)7-8-16(14)20-17(11)15(19)9-12-5-3-2-4-6-12/h2-8,10H,9H2,1H3. The van der Waals surface area contributed by atoms with E-state index >= 15 is 0 Å². The van der Waals surface area contributed by atoms with E-state index in [1.54, 1.807) is 11.3 Å². The van der Waals surface area contributed by atoms with E-state index in [0.717, 1.165) is 26.1 Å². The van der Waals surface area contributed by atoms with Gasteiger partial charge in [0.1, 0.15) is 0 Å². The fraction of sp³-hybridized carbons (Fsp3) is 0.118. The van der Waals surface area contributed by atoms with Crippen molar-refractivity contribution in [3.63, 3.8) is 0 Å². The second-order valence-corrected chi connectivity index (χ2v) is 6.27. The van der Waals surface area contributed by atoms with Gasteiger partial charge in [-0.1, -0.05) is 41.9 Å². The Hall–Kier alpha value is -1.64. The average Bonchev–Trinajstić information content (AvgIpc) is 2.77. The molecule has 20 heavy (non-hydrogen) atoms. The van der Waals surface area contributed by atoms with Gasteiger partial charge in [-0.2, -0.15) is 0 Å². The predicted octanol–water partition coefficient (Wildman–Crippen LogP) is 5.29. The number of rotatable bonds is 3. The fourth-order valence-electron chi connectivity index (χ4n) is 2.32. The summed E-state index contributed by atoms with van der Waals surface area (Å²) in [5, 5.41) is 1.79. The summed E-state index contributed by atoms with van der Waals surface area (Å²) in [5.41, 5.74) is 2.08. The largest absolute Gasteiger partial charge is 0.293 e. The average molecular weight is 301 g/mol. The molecule has 100 valence electrons. The van der Waals surface area contributed by atoms with Crippen LogP contribution in [-0.2, 0) is 6.42 Å². The van der Waals surface area contributed by atoms with Crippen molar-refractivity contribution in [1.82, 2.24) is 0 Å². The molecule has 0 atom stereocenters. The minimum Gasteiger partial charge on any atom is -0.293 e. The number of Topliss-reactive ketones (excluding diaryl/α,β-unsaturated/α-hetero) is 1. The summed E-state index contributed by atoms with van der Waals surface area (Å²) in [6, 6.07) is 15.6. The van der Waals surface area contributed by atoms with Crippen molar-refractivity contribution in [2.45, 2.75) is 13.3 Å². The van der Waals surface area contributed by atoms with E-state index in [-0.39, 0.29) is 5.78 Å². The highest BCUT2D eigenvalue weighted by molar-refractivity contribution is 7.21. The first-order valence-corrected chi connectivity index (χ1v) is 7.60. The lowest BCUT2D eigenvalue weighted by Gasteiger charge is -2.00. The maximum absolute atomic E-state index is 12.5. The molecule has 1 aromatic heterocycles. The van der Waals surface area contributed by atoms with E-state index in [1.807, 2.05) is 55.5 Å². The lowest BCUT2D eigenvalue weighted by Crippen LogP contribution is -2.02. The Kier molecular flexibility index (Phi) is 3.60. The van der Waals surface area contributed by atoms with Gasteiger partial charge in [-0.05, 0) is 41.6 Å². The highest BCUT2D eigenvalue weighted by Crippen LogP contribution is 2.33. The number of benzene rings is 2. The van der Waals surface area contributed by atoms with Gasteiger partial charge in [0.05, 0.1) is 4.88 Å². The first-order chi connectivity index (χ1) is 9.65. The summed E-state index contributed by atoms with van der Waals surface area (Å²) < 4.78 is 1.11. The minimum absolute atomic E-state index is 0.172. The van der Waals surface area contributed by atoms with Gasteiger partial charge < -0.3 is 0 Å². The Morgan fingerprint density at radius 1 is 1.15 bits per heavy atom. The SMILES string of the molecule is Cc1c(C(=O)Cc2ccccc2)sc2ccc(Cl)cc12. The van der Waals surface area contributed by atoms with Crippen molar-refractivity contribution in [3.8, 4) is 0 Å². The van der Waals surface area contributed by atoms with Gasteiger partial charge in [-0.15, -0.1) is 11.3 Å². The van der Waals surface area contributed by atoms with Crippen LogP contribution >= 0.6 is 22.9 Å². The van der Waals surface area contributed by atoms with Crippen molar-refractivity contribution < 1.29 is 4.79 Å². The molecular formula is C17H13ClOS. The highest BCUT2D eigenvalue weighted by atomic mass is 35.5. The van der Waals surface area contributed by atoms with Crippen LogP contribution in [0.25, 0.3) is 10.1 Å². The lowest BCUT2D eigenvalue weighted by atomic mass is 10.0. The van der Waals surface area contributed by atoms with Gasteiger partial charge in [0.25, 0.3) is 0 Å². The zero-order valence-electron chi connectivity index (χ0n) is 11.0. The molecule has 2 aromatic carbocycles. The van der Waals surface area contributed by atoms with Crippen molar-refractivity contribution in [3.05, 3.63) is 69.6 Å². The van der Waals surface area contributed by atoms with Gasteiger partial charge >= 0.3 is 0 Å². The molecule has 1 nitrogen and oxygen atoms in total. The third kappa shape index (κ3) is 2.49. The van der Waals surface area contributed by atoms with Crippen LogP contribution in [0.1, 0.15) is 20.8 Å². The third-order valence-corrected chi connectivity index (χ3v) is 4.91. The highest BCUT2D eigenvalue weighted by Gasteiger charge is 2.15. The quantitative estimate of drug-likeness (QED) is 0.601. The monoisotopic (exact) mass is 300 g/mol. The van der Waals surface area contributed by atoms with E-state index < -0.39 is 0 Å². The van der Waals surface area contributed by atoms with Crippen molar-refractivity contribution >= 4 is 38.8 Å². The molecule has 0 radical (unpaired) electrons. The molecule has 1 heterocycles. The number of carbonyl (C=O) groups is 1. The first kappa shape index (κ1) is 13.3. The van der Waals surface area contributed by atoms with Crippen LogP contribution in [-0.4, -0.2) is 5.78 Å². The molecule has 0 unspecified atom stereocenters. The zero-order chi connectivity index (χ0) is 14.1. The number of carbonyl (C=O) groups excluding carboxylic acids is 1. The van der Waals surface area contributed by atoms with E-state index in [9.17, 15) is 4.79 Å². The van der Waals surface area contributed by atoms with Crippen LogP contribution in [0.2, 0.25) is 5.02 Å². The molecule has 0 saturated carbocycles. The van der Waals surface area contributed by atoms with Crippen LogP contribution in [0.4, 0.5) is 0 Å². The molecular weight excluding hydrogens is 288 g/mol. The maximum Gasteiger partial charge on any atom is 0.177 e. The fourth-order valence-corrected chi connectivity index (χ4v) is 3.62. The van der Waals surface area contributed by atoms with E-state index in [1.165, 1.54) is 0 Å². The van der Waals surface area contributed by atoms with Crippen LogP contribution in [0.3, 0.4) is 0 Å². The molecule has 0 N–H and O–H groups in total. The lowest BCUT2D eigenvalue weighted by molar-refractivity contribution is 0.0996. The molecule has 0 fully saturated rings. The summed E-state index contributed by atoms with van der Waals surface area (Å²) in [4.78, 5) is 13.3. The Labute approximate surface area is 126 Å². The molecule has 3 heteroatoms. The number of hydrogen-bond donors (Lipinski definition) is 0. The van der Waals surface area contributed by atoms with Gasteiger partial charge in [-0.3, -0.25) is 4.79 Å². The molecule has 0 aliphatic rings. The Morgan fingerprint density at radius 2 is 1.90 bits per heavy atom. The number of halogens is 1. The summed E-state index contributed by atoms with van der Waals surface area (Å²) in [6.07, 6.45) is 0.447. The molecule has 3 aromatic rings. The van der Waals surface area contributed by atoms with E-state index in [2.05, 4.69) is 0 Å². The Balaban J connectivity index is 1.98. The molecule has 0 bridgehead atoms. The number of ketones is 1. The number of fused-ring (bicyclic) bond motifs is 1. The molecule has 3 rings (SSSR count). The Morgan fingerprint density at radius 3 is 2.65 bits per heavy atom. The number of aryl methyl sites for hydroxylation is 1. The van der Waals surface area contributed by atoms with Gasteiger partial charge in [0.2, 0.25) is 0 Å². The van der Waals surface area contributed by atoms with Crippen LogP contribution in [0.5, 0.6) is 0 Å². The summed E-state index contributed by atoms with van der Waals surface area (Å²) >= 11 is 7.58. The van der Waals surface area contributed by atoms with Crippen molar-refractivity contribution in [2.24, 2.45) is 0 Å². The summed E-state index contributed by atoms with van der Waals surface area (Å²) in [5.74, 6) is 0.172. The smallest absolute Gasteiger partial charge is 0.177 e. The molecule has 0 spiro atoms. The summed E-state index contributed by atoms with van der Waals surface area (Å²) in [6.45, 7) is 1.99. The van der Waals surface area contributed by atoms with Crippen LogP contribution < -0.4 is 0 Å². The third-order valence-electron chi connectivity index (χ3n) is 3.36. The Bertz CT molecular complexity index is 774. The van der Waals surface area contributed by atoms with Crippen molar-refractivity contribution in [2.75, 3.05) is 0 Å². The van der Waals surface area contributed by atoms with E-state index in [4.69, 9.17) is 11.6 Å². The normalized spacial score (nSPS) is 10.9. The second kappa shape index (κ2) is 5.39. The summed E-state index contributed by atoms with van der Waals surface area (Å²) in [7, 11) is 0.